The summed E-state index contributed by atoms with van der Waals surface area (Å²) in [5.74, 6) is 1.59. The van der Waals surface area contributed by atoms with Gasteiger partial charge in [0.25, 0.3) is 0 Å². The normalized spacial score (nSPS) is 16.9. The number of aromatic hydroxyl groups is 1. The van der Waals surface area contributed by atoms with E-state index in [1.807, 2.05) is 13.0 Å². The molecule has 1 aromatic carbocycles. The van der Waals surface area contributed by atoms with E-state index in [9.17, 15) is 9.50 Å². The predicted molar refractivity (Wildman–Crippen MR) is 110 cm³/mol. The van der Waals surface area contributed by atoms with Crippen LogP contribution in [0.2, 0.25) is 0 Å². The molecule has 0 fully saturated rings. The number of nitrogens with one attached hydrogen (secondary N) is 1. The lowest BCUT2D eigenvalue weighted by molar-refractivity contribution is 0.249. The summed E-state index contributed by atoms with van der Waals surface area (Å²) in [6.07, 6.45) is 3.11. The van der Waals surface area contributed by atoms with Crippen molar-refractivity contribution in [1.82, 2.24) is 19.6 Å². The lowest BCUT2D eigenvalue weighted by atomic mass is 9.96. The number of nitrogens with zero attached hydrogens (tertiary/aromatic N) is 4. The fourth-order valence-electron chi connectivity index (χ4n) is 4.45. The number of halogens is 1. The number of anilines is 1. The number of benzene rings is 1. The molecule has 6 rings (SSSR count). The molecule has 0 unspecified atom stereocenters. The molecule has 2 N–H and O–H groups in total. The molecule has 0 amide bonds. The molecule has 156 valence electrons. The van der Waals surface area contributed by atoms with Crippen LogP contribution in [0.3, 0.4) is 0 Å². The Balaban J connectivity index is 1.55. The third kappa shape index (κ3) is 2.62. The van der Waals surface area contributed by atoms with Crippen molar-refractivity contribution < 1.29 is 19.0 Å². The van der Waals surface area contributed by atoms with E-state index in [1.54, 1.807) is 23.0 Å². The number of ether oxygens (including phenoxy) is 2. The highest BCUT2D eigenvalue weighted by molar-refractivity contribution is 5.85. The number of rotatable bonds is 1. The highest BCUT2D eigenvalue weighted by Crippen LogP contribution is 2.43. The summed E-state index contributed by atoms with van der Waals surface area (Å²) in [6, 6.07) is 6.46. The van der Waals surface area contributed by atoms with Gasteiger partial charge in [-0.25, -0.2) is 4.39 Å². The van der Waals surface area contributed by atoms with Crippen LogP contribution in [0.1, 0.15) is 22.7 Å². The summed E-state index contributed by atoms with van der Waals surface area (Å²) in [5, 5.41) is 22.1. The van der Waals surface area contributed by atoms with Gasteiger partial charge >= 0.3 is 0 Å². The van der Waals surface area contributed by atoms with Gasteiger partial charge in [-0.1, -0.05) is 0 Å². The molecule has 0 aliphatic carbocycles. The maximum absolute atomic E-state index is 14.7. The number of fused-ring (bicyclic) bond motifs is 3. The quantitative estimate of drug-likeness (QED) is 0.488. The number of hydrogen-bond donors (Lipinski definition) is 2. The van der Waals surface area contributed by atoms with E-state index < -0.39 is 0 Å². The third-order valence-electron chi connectivity index (χ3n) is 5.91. The zero-order valence-electron chi connectivity index (χ0n) is 16.6. The Bertz CT molecular complexity index is 1330. The molecule has 5 heterocycles. The summed E-state index contributed by atoms with van der Waals surface area (Å²) < 4.78 is 28.4. The maximum atomic E-state index is 14.7. The lowest BCUT2D eigenvalue weighted by Crippen LogP contribution is -2.13. The first-order chi connectivity index (χ1) is 15.1. The summed E-state index contributed by atoms with van der Waals surface area (Å²) in [6.45, 7) is 2.84. The standard InChI is InChI=1S/C22H18FN5O3/c1-11-19(16(29)4-5-24-11)13-6-18-22(28-10-26-27-21(13)28)25-7-14-15(23)2-3-17-20(14)12(8-30-17)9-31-18/h2-6,10,12,25H,7-9H2,1H3,(H,24,29)/t12-/m0/s1. The molecule has 0 saturated carbocycles. The van der Waals surface area contributed by atoms with E-state index in [0.717, 1.165) is 5.56 Å². The number of hydrogen-bond acceptors (Lipinski definition) is 7. The topological polar surface area (TPSA) is 93.8 Å². The van der Waals surface area contributed by atoms with Crippen LogP contribution >= 0.6 is 0 Å². The Kier molecular flexibility index (Phi) is 3.80. The van der Waals surface area contributed by atoms with Crippen LogP contribution in [0.4, 0.5) is 10.2 Å². The van der Waals surface area contributed by atoms with Crippen LogP contribution in [-0.4, -0.2) is 37.9 Å². The van der Waals surface area contributed by atoms with Crippen molar-refractivity contribution in [3.8, 4) is 28.4 Å². The van der Waals surface area contributed by atoms with Gasteiger partial charge in [0.05, 0.1) is 19.1 Å². The van der Waals surface area contributed by atoms with Crippen LogP contribution in [0, 0.1) is 12.7 Å². The van der Waals surface area contributed by atoms with Crippen LogP contribution in [-0.2, 0) is 6.54 Å². The summed E-state index contributed by atoms with van der Waals surface area (Å²) in [7, 11) is 0. The van der Waals surface area contributed by atoms with Gasteiger partial charge in [-0.3, -0.25) is 9.38 Å². The predicted octanol–water partition coefficient (Wildman–Crippen LogP) is 3.42. The number of aryl methyl sites for hydroxylation is 1. The fourth-order valence-corrected chi connectivity index (χ4v) is 4.45. The molecule has 4 aromatic rings. The second-order valence-electron chi connectivity index (χ2n) is 7.70. The van der Waals surface area contributed by atoms with Gasteiger partial charge in [-0.05, 0) is 31.2 Å². The lowest BCUT2D eigenvalue weighted by Gasteiger charge is -2.17. The van der Waals surface area contributed by atoms with Gasteiger partial charge in [-0.2, -0.15) is 0 Å². The average molecular weight is 419 g/mol. The van der Waals surface area contributed by atoms with E-state index in [4.69, 9.17) is 9.47 Å². The van der Waals surface area contributed by atoms with Crippen LogP contribution in [0.25, 0.3) is 16.8 Å². The van der Waals surface area contributed by atoms with Gasteiger partial charge < -0.3 is 19.9 Å². The SMILES string of the molecule is Cc1nccc(O)c1-c1cc2c(n3cnnc13)NCc1c(F)ccc3c1[C@@H](CO3)CO2. The smallest absolute Gasteiger partial charge is 0.170 e. The average Bonchev–Trinajstić information content (AvgIpc) is 3.40. The van der Waals surface area contributed by atoms with Gasteiger partial charge in [-0.15, -0.1) is 10.2 Å². The van der Waals surface area contributed by atoms with E-state index in [2.05, 4.69) is 20.5 Å². The van der Waals surface area contributed by atoms with E-state index in [1.165, 1.54) is 12.1 Å². The molecule has 0 bridgehead atoms. The highest BCUT2D eigenvalue weighted by Gasteiger charge is 2.32. The Morgan fingerprint density at radius 3 is 2.87 bits per heavy atom. The summed E-state index contributed by atoms with van der Waals surface area (Å²) >= 11 is 0. The second-order valence-corrected chi connectivity index (χ2v) is 7.70. The summed E-state index contributed by atoms with van der Waals surface area (Å²) in [5.41, 5.74) is 3.81. The zero-order chi connectivity index (χ0) is 21.1. The molecule has 31 heavy (non-hydrogen) atoms. The fraction of sp³-hybridized carbons (Fsp3) is 0.227. The van der Waals surface area contributed by atoms with Crippen molar-refractivity contribution in [2.45, 2.75) is 19.4 Å². The van der Waals surface area contributed by atoms with Crippen molar-refractivity contribution in [2.24, 2.45) is 0 Å². The highest BCUT2D eigenvalue weighted by atomic mass is 19.1. The Morgan fingerprint density at radius 1 is 1.19 bits per heavy atom. The minimum Gasteiger partial charge on any atom is -0.507 e. The number of pyridine rings is 2. The van der Waals surface area contributed by atoms with Crippen molar-refractivity contribution >= 4 is 11.5 Å². The zero-order valence-corrected chi connectivity index (χ0v) is 16.6. The molecule has 2 aliphatic heterocycles. The monoisotopic (exact) mass is 419 g/mol. The molecule has 8 nitrogen and oxygen atoms in total. The second kappa shape index (κ2) is 6.56. The van der Waals surface area contributed by atoms with Crippen LogP contribution < -0.4 is 14.8 Å². The first-order valence-corrected chi connectivity index (χ1v) is 9.94. The molecule has 2 aliphatic rings. The molecular weight excluding hydrogens is 401 g/mol. The Labute approximate surface area is 176 Å². The largest absolute Gasteiger partial charge is 0.507 e. The molecule has 9 heteroatoms. The van der Waals surface area contributed by atoms with E-state index in [-0.39, 0.29) is 24.0 Å². The molecule has 0 spiro atoms. The van der Waals surface area contributed by atoms with Crippen molar-refractivity contribution in [2.75, 3.05) is 18.5 Å². The van der Waals surface area contributed by atoms with E-state index >= 15 is 0 Å². The first-order valence-electron chi connectivity index (χ1n) is 9.94. The van der Waals surface area contributed by atoms with Crippen LogP contribution in [0.5, 0.6) is 17.2 Å². The van der Waals surface area contributed by atoms with E-state index in [0.29, 0.717) is 58.6 Å². The van der Waals surface area contributed by atoms with Gasteiger partial charge in [0.1, 0.15) is 23.6 Å². The molecule has 0 radical (unpaired) electrons. The minimum absolute atomic E-state index is 0.0814. The Morgan fingerprint density at radius 2 is 2.03 bits per heavy atom. The van der Waals surface area contributed by atoms with Crippen LogP contribution in [0.15, 0.2) is 36.8 Å². The first kappa shape index (κ1) is 17.9. The minimum atomic E-state index is -0.280. The van der Waals surface area contributed by atoms with Gasteiger partial charge in [0.15, 0.2) is 17.2 Å². The Hall–Kier alpha value is -3.88. The van der Waals surface area contributed by atoms with Crippen molar-refractivity contribution in [3.05, 3.63) is 59.4 Å². The molecule has 3 aromatic heterocycles. The summed E-state index contributed by atoms with van der Waals surface area (Å²) in [4.78, 5) is 4.31. The maximum Gasteiger partial charge on any atom is 0.170 e. The van der Waals surface area contributed by atoms with Crippen molar-refractivity contribution in [1.29, 1.82) is 0 Å². The number of aromatic nitrogens is 4. The molecule has 0 saturated heterocycles. The van der Waals surface area contributed by atoms with Crippen molar-refractivity contribution in [3.63, 3.8) is 0 Å². The van der Waals surface area contributed by atoms with Gasteiger partial charge in [0.2, 0.25) is 0 Å². The molecular formula is C22H18FN5O3. The van der Waals surface area contributed by atoms with Gasteiger partial charge in [0, 0.05) is 40.7 Å². The molecule has 1 atom stereocenters. The third-order valence-corrected chi connectivity index (χ3v) is 5.91.